The van der Waals surface area contributed by atoms with E-state index in [1.807, 2.05) is 60.4 Å². The first-order valence-electron chi connectivity index (χ1n) is 13.5. The highest BCUT2D eigenvalue weighted by Gasteiger charge is 2.13. The van der Waals surface area contributed by atoms with E-state index in [2.05, 4.69) is 49.5 Å². The predicted molar refractivity (Wildman–Crippen MR) is 156 cm³/mol. The van der Waals surface area contributed by atoms with Gasteiger partial charge in [-0.3, -0.25) is 4.40 Å². The highest BCUT2D eigenvalue weighted by atomic mass is 16.5. The molecule has 0 saturated carbocycles. The second kappa shape index (κ2) is 12.5. The van der Waals surface area contributed by atoms with Crippen LogP contribution in [0.15, 0.2) is 67.4 Å². The van der Waals surface area contributed by atoms with Gasteiger partial charge in [-0.2, -0.15) is 0 Å². The quantitative estimate of drug-likeness (QED) is 0.176. The summed E-state index contributed by atoms with van der Waals surface area (Å²) in [7, 11) is 1.83. The second-order valence-electron chi connectivity index (χ2n) is 9.79. The van der Waals surface area contributed by atoms with E-state index in [0.29, 0.717) is 6.61 Å². The van der Waals surface area contributed by atoms with Crippen LogP contribution in [0.25, 0.3) is 22.6 Å². The fraction of sp³-hybridized carbons (Fsp3) is 0.333. The molecule has 1 aliphatic rings. The van der Waals surface area contributed by atoms with Gasteiger partial charge in [0.2, 0.25) is 0 Å². The number of fused-ring (bicyclic) bond motifs is 1. The summed E-state index contributed by atoms with van der Waals surface area (Å²) in [5.41, 5.74) is 5.44. The van der Waals surface area contributed by atoms with E-state index in [0.717, 1.165) is 58.3 Å². The SMILES string of the molecule is CN/C=C(\C=N)c1ccc(C(C)Nc2cc(-c3cnc4cc(OCCCN5CCCC5)ccn34)ncn2)cc1. The van der Waals surface area contributed by atoms with Gasteiger partial charge in [-0.25, -0.2) is 15.0 Å². The number of benzene rings is 1. The van der Waals surface area contributed by atoms with Crippen molar-refractivity contribution >= 4 is 23.3 Å². The Morgan fingerprint density at radius 2 is 1.92 bits per heavy atom. The van der Waals surface area contributed by atoms with Crippen LogP contribution in [0.1, 0.15) is 43.4 Å². The smallest absolute Gasteiger partial charge is 0.140 e. The van der Waals surface area contributed by atoms with E-state index in [4.69, 9.17) is 10.1 Å². The molecule has 5 rings (SSSR count). The van der Waals surface area contributed by atoms with Crippen LogP contribution in [-0.4, -0.2) is 63.8 Å². The van der Waals surface area contributed by atoms with Crippen molar-refractivity contribution in [2.45, 2.75) is 32.2 Å². The van der Waals surface area contributed by atoms with Crippen LogP contribution < -0.4 is 15.4 Å². The number of rotatable bonds is 12. The lowest BCUT2D eigenvalue weighted by Crippen LogP contribution is -2.21. The van der Waals surface area contributed by atoms with E-state index in [9.17, 15) is 0 Å². The molecule has 3 N–H and O–H groups in total. The highest BCUT2D eigenvalue weighted by Crippen LogP contribution is 2.25. The minimum atomic E-state index is 0.0332. The van der Waals surface area contributed by atoms with Crippen LogP contribution in [0.3, 0.4) is 0 Å². The minimum absolute atomic E-state index is 0.0332. The molecule has 0 aliphatic carbocycles. The van der Waals surface area contributed by atoms with Gasteiger partial charge in [-0.1, -0.05) is 24.3 Å². The number of imidazole rings is 1. The summed E-state index contributed by atoms with van der Waals surface area (Å²) < 4.78 is 8.02. The summed E-state index contributed by atoms with van der Waals surface area (Å²) in [6.07, 6.45) is 12.2. The van der Waals surface area contributed by atoms with Crippen molar-refractivity contribution in [1.82, 2.24) is 29.6 Å². The molecule has 9 nitrogen and oxygen atoms in total. The summed E-state index contributed by atoms with van der Waals surface area (Å²) in [4.78, 5) is 16.1. The Bertz CT molecular complexity index is 1420. The molecule has 1 saturated heterocycles. The predicted octanol–water partition coefficient (Wildman–Crippen LogP) is 5.04. The summed E-state index contributed by atoms with van der Waals surface area (Å²) >= 11 is 0. The fourth-order valence-electron chi connectivity index (χ4n) is 4.94. The molecule has 0 radical (unpaired) electrons. The lowest BCUT2D eigenvalue weighted by Gasteiger charge is -2.16. The molecule has 3 aromatic heterocycles. The Morgan fingerprint density at radius 1 is 1.10 bits per heavy atom. The maximum Gasteiger partial charge on any atom is 0.140 e. The van der Waals surface area contributed by atoms with Crippen molar-refractivity contribution in [2.24, 2.45) is 0 Å². The maximum absolute atomic E-state index is 7.61. The lowest BCUT2D eigenvalue weighted by molar-refractivity contribution is 0.263. The van der Waals surface area contributed by atoms with Crippen LogP contribution >= 0.6 is 0 Å². The van der Waals surface area contributed by atoms with Crippen LogP contribution in [-0.2, 0) is 0 Å². The van der Waals surface area contributed by atoms with Crippen molar-refractivity contribution in [3.05, 3.63) is 78.5 Å². The number of anilines is 1. The molecule has 1 unspecified atom stereocenters. The van der Waals surface area contributed by atoms with Crippen molar-refractivity contribution in [3.8, 4) is 17.1 Å². The first kappa shape index (κ1) is 26.4. The summed E-state index contributed by atoms with van der Waals surface area (Å²) in [6, 6.07) is 14.1. The van der Waals surface area contributed by atoms with Gasteiger partial charge in [0, 0.05) is 56.0 Å². The first-order chi connectivity index (χ1) is 19.1. The summed E-state index contributed by atoms with van der Waals surface area (Å²) in [5.74, 6) is 1.57. The third kappa shape index (κ3) is 6.43. The van der Waals surface area contributed by atoms with E-state index < -0.39 is 0 Å². The van der Waals surface area contributed by atoms with E-state index >= 15 is 0 Å². The highest BCUT2D eigenvalue weighted by molar-refractivity contribution is 6.08. The molecular formula is C30H36N8O. The molecule has 1 fully saturated rings. The van der Waals surface area contributed by atoms with Gasteiger partial charge in [0.1, 0.15) is 23.5 Å². The van der Waals surface area contributed by atoms with Crippen LogP contribution in [0, 0.1) is 5.41 Å². The molecule has 4 heterocycles. The van der Waals surface area contributed by atoms with E-state index in [1.54, 1.807) is 6.33 Å². The Labute approximate surface area is 229 Å². The number of likely N-dealkylation sites (tertiary alicyclic amines) is 1. The Balaban J connectivity index is 1.23. The molecule has 0 bridgehead atoms. The zero-order chi connectivity index (χ0) is 27.0. The van der Waals surface area contributed by atoms with Gasteiger partial charge in [0.15, 0.2) is 0 Å². The van der Waals surface area contributed by atoms with E-state index in [1.165, 1.54) is 32.1 Å². The van der Waals surface area contributed by atoms with Gasteiger partial charge in [-0.15, -0.1) is 0 Å². The Kier molecular flexibility index (Phi) is 8.48. The molecule has 1 aromatic carbocycles. The zero-order valence-electron chi connectivity index (χ0n) is 22.6. The largest absolute Gasteiger partial charge is 0.493 e. The van der Waals surface area contributed by atoms with Gasteiger partial charge < -0.3 is 25.7 Å². The third-order valence-corrected chi connectivity index (χ3v) is 7.06. The Hall–Kier alpha value is -4.24. The maximum atomic E-state index is 7.61. The van der Waals surface area contributed by atoms with Gasteiger partial charge in [-0.05, 0) is 56.5 Å². The standard InChI is InChI=1S/C30H36N8O/c1-22(23-6-8-24(9-7-23)25(18-31)19-32-2)36-29-17-27(34-21-35-29)28-20-33-30-16-26(10-14-38(28)30)39-15-5-13-37-11-3-4-12-37/h6-10,14,16-22,31-32H,3-5,11-13,15H2,1-2H3,(H,34,35,36)/b25-19+,31-18?. The number of nitrogens with one attached hydrogen (secondary N) is 3. The zero-order valence-corrected chi connectivity index (χ0v) is 22.6. The molecule has 4 aromatic rings. The molecule has 0 amide bonds. The molecular weight excluding hydrogens is 488 g/mol. The monoisotopic (exact) mass is 524 g/mol. The fourth-order valence-corrected chi connectivity index (χ4v) is 4.94. The van der Waals surface area contributed by atoms with Crippen molar-refractivity contribution in [3.63, 3.8) is 0 Å². The van der Waals surface area contributed by atoms with Crippen molar-refractivity contribution in [1.29, 1.82) is 5.41 Å². The van der Waals surface area contributed by atoms with Crippen molar-refractivity contribution in [2.75, 3.05) is 38.6 Å². The average molecular weight is 525 g/mol. The first-order valence-corrected chi connectivity index (χ1v) is 13.5. The number of pyridine rings is 1. The van der Waals surface area contributed by atoms with Gasteiger partial charge in [0.25, 0.3) is 0 Å². The number of ether oxygens (including phenoxy) is 1. The van der Waals surface area contributed by atoms with E-state index in [-0.39, 0.29) is 6.04 Å². The molecule has 0 spiro atoms. The molecule has 1 atom stereocenters. The third-order valence-electron chi connectivity index (χ3n) is 7.06. The summed E-state index contributed by atoms with van der Waals surface area (Å²) in [5, 5.41) is 14.1. The average Bonchev–Trinajstić information content (AvgIpc) is 3.64. The molecule has 1 aliphatic heterocycles. The number of nitrogens with zero attached hydrogens (tertiary/aromatic N) is 5. The number of allylic oxidation sites excluding steroid dienone is 1. The minimum Gasteiger partial charge on any atom is -0.493 e. The van der Waals surface area contributed by atoms with Gasteiger partial charge in [0.05, 0.1) is 24.2 Å². The van der Waals surface area contributed by atoms with Crippen LogP contribution in [0.2, 0.25) is 0 Å². The molecule has 39 heavy (non-hydrogen) atoms. The summed E-state index contributed by atoms with van der Waals surface area (Å²) in [6.45, 7) is 6.34. The number of aromatic nitrogens is 4. The Morgan fingerprint density at radius 3 is 2.69 bits per heavy atom. The van der Waals surface area contributed by atoms with Crippen LogP contribution in [0.5, 0.6) is 5.75 Å². The topological polar surface area (TPSA) is 103 Å². The van der Waals surface area contributed by atoms with Crippen LogP contribution in [0.4, 0.5) is 5.82 Å². The van der Waals surface area contributed by atoms with Gasteiger partial charge >= 0.3 is 0 Å². The molecule has 202 valence electrons. The second-order valence-corrected chi connectivity index (χ2v) is 9.79. The normalized spacial score (nSPS) is 14.9. The lowest BCUT2D eigenvalue weighted by atomic mass is 10.0. The molecule has 9 heteroatoms. The number of hydrogen-bond acceptors (Lipinski definition) is 8. The number of hydrogen-bond donors (Lipinski definition) is 3. The van der Waals surface area contributed by atoms with Crippen molar-refractivity contribution < 1.29 is 4.74 Å².